The van der Waals surface area contributed by atoms with Crippen LogP contribution in [0.15, 0.2) is 18.7 Å². The summed E-state index contributed by atoms with van der Waals surface area (Å²) in [5.41, 5.74) is 0.469. The maximum atomic E-state index is 12.5. The molecule has 1 aromatic heterocycles. The maximum absolute atomic E-state index is 12.5. The van der Waals surface area contributed by atoms with Crippen molar-refractivity contribution >= 4 is 14.4 Å². The summed E-state index contributed by atoms with van der Waals surface area (Å²) in [5.74, 6) is 3.20. The Hall–Kier alpha value is -1.18. The molecule has 4 aliphatic rings. The van der Waals surface area contributed by atoms with Crippen molar-refractivity contribution in [2.24, 2.45) is 52.3 Å². The number of carbonyl (C=O) groups is 1. The average Bonchev–Trinajstić information content (AvgIpc) is 3.55. The number of ether oxygens (including phenoxy) is 1. The van der Waals surface area contributed by atoms with Crippen molar-refractivity contribution in [2.75, 3.05) is 6.61 Å². The minimum atomic E-state index is -1.83. The third kappa shape index (κ3) is 5.28. The molecule has 0 radical (unpaired) electrons. The van der Waals surface area contributed by atoms with Gasteiger partial charge in [0.2, 0.25) is 0 Å². The molecule has 4 fully saturated rings. The van der Waals surface area contributed by atoms with Gasteiger partial charge in [-0.1, -0.05) is 54.9 Å². The van der Waals surface area contributed by atoms with Crippen LogP contribution in [0.25, 0.3) is 0 Å². The zero-order valence-electron chi connectivity index (χ0n) is 27.4. The quantitative estimate of drug-likeness (QED) is 0.341. The highest BCUT2D eigenvalue weighted by Gasteiger charge is 2.65. The lowest BCUT2D eigenvalue weighted by atomic mass is 9.41. The highest BCUT2D eigenvalue weighted by Crippen LogP contribution is 2.69. The first-order valence-corrected chi connectivity index (χ1v) is 19.6. The summed E-state index contributed by atoms with van der Waals surface area (Å²) in [7, 11) is -1.83. The summed E-state index contributed by atoms with van der Waals surface area (Å²) in [6, 6.07) is 0. The van der Waals surface area contributed by atoms with Crippen molar-refractivity contribution in [1.29, 1.82) is 0 Å². The van der Waals surface area contributed by atoms with Gasteiger partial charge in [0.1, 0.15) is 6.33 Å². The standard InChI is InChI=1S/C34H58N2O4Si/c1-10-24-28-19-23(40-41(8,9)32(3,4)5)13-15-34(28,7)27-14-16-33(6)25(11-12-26(33)29(27)30(24)37)22(2)20-39-31(38)36-18-17-35-21-36/h17-18,21-30,37H,10-16,19-20H2,1-9H3/t22-,23?,24-,25-,26?,27?,28+,29?,30-,33-,34-/m1/s1. The predicted molar refractivity (Wildman–Crippen MR) is 166 cm³/mol. The van der Waals surface area contributed by atoms with Crippen molar-refractivity contribution in [3.05, 3.63) is 18.7 Å². The van der Waals surface area contributed by atoms with Crippen LogP contribution in [0.4, 0.5) is 4.79 Å². The highest BCUT2D eigenvalue weighted by atomic mass is 28.4. The van der Waals surface area contributed by atoms with E-state index in [0.717, 1.165) is 12.8 Å². The van der Waals surface area contributed by atoms with Crippen LogP contribution >= 0.6 is 0 Å². The fourth-order valence-electron chi connectivity index (χ4n) is 10.4. The Morgan fingerprint density at radius 2 is 1.78 bits per heavy atom. The number of imidazole rings is 1. The van der Waals surface area contributed by atoms with Gasteiger partial charge in [-0.2, -0.15) is 0 Å². The highest BCUT2D eigenvalue weighted by molar-refractivity contribution is 6.74. The smallest absolute Gasteiger partial charge is 0.419 e. The molecule has 4 aliphatic carbocycles. The van der Waals surface area contributed by atoms with Gasteiger partial charge in [0.25, 0.3) is 0 Å². The molecule has 4 unspecified atom stereocenters. The molecular formula is C34H58N2O4Si. The molecule has 0 aliphatic heterocycles. The molecule has 6 nitrogen and oxygen atoms in total. The van der Waals surface area contributed by atoms with Gasteiger partial charge in [-0.25, -0.2) is 14.3 Å². The molecule has 41 heavy (non-hydrogen) atoms. The normalized spacial score (nSPS) is 41.7. The van der Waals surface area contributed by atoms with Gasteiger partial charge in [0.05, 0.1) is 12.7 Å². The molecule has 0 spiro atoms. The summed E-state index contributed by atoms with van der Waals surface area (Å²) in [5, 5.41) is 12.4. The third-order valence-electron chi connectivity index (χ3n) is 13.6. The first-order valence-electron chi connectivity index (χ1n) is 16.6. The second kappa shape index (κ2) is 11.1. The van der Waals surface area contributed by atoms with Crippen molar-refractivity contribution < 1.29 is 19.1 Å². The number of hydrogen-bond donors (Lipinski definition) is 1. The number of aromatic nitrogens is 2. The van der Waals surface area contributed by atoms with Gasteiger partial charge in [-0.3, -0.25) is 0 Å². The molecule has 1 heterocycles. The summed E-state index contributed by atoms with van der Waals surface area (Å²) in [4.78, 5) is 16.4. The Bertz CT molecular complexity index is 1070. The van der Waals surface area contributed by atoms with Crippen LogP contribution in [-0.2, 0) is 9.16 Å². The van der Waals surface area contributed by atoms with E-state index in [1.54, 1.807) is 12.4 Å². The minimum absolute atomic E-state index is 0.188. The molecule has 232 valence electrons. The second-order valence-corrected chi connectivity index (χ2v) is 21.2. The summed E-state index contributed by atoms with van der Waals surface area (Å²) in [6.07, 6.45) is 13.8. The lowest BCUT2D eigenvalue weighted by molar-refractivity contribution is -0.202. The molecular weight excluding hydrogens is 528 g/mol. The molecule has 1 aromatic rings. The zero-order chi connectivity index (χ0) is 30.0. The number of nitrogens with zero attached hydrogens (tertiary/aromatic N) is 2. The first-order chi connectivity index (χ1) is 19.1. The molecule has 7 heteroatoms. The Morgan fingerprint density at radius 3 is 2.41 bits per heavy atom. The van der Waals surface area contributed by atoms with Gasteiger partial charge in [-0.15, -0.1) is 0 Å². The van der Waals surface area contributed by atoms with Crippen molar-refractivity contribution in [2.45, 2.75) is 130 Å². The van der Waals surface area contributed by atoms with Gasteiger partial charge in [0, 0.05) is 18.5 Å². The zero-order valence-corrected chi connectivity index (χ0v) is 28.4. The summed E-state index contributed by atoms with van der Waals surface area (Å²) in [6.45, 7) is 21.9. The number of aliphatic hydroxyl groups is 1. The second-order valence-electron chi connectivity index (χ2n) is 16.5. The number of rotatable bonds is 6. The van der Waals surface area contributed by atoms with Crippen LogP contribution in [0.5, 0.6) is 0 Å². The number of hydrogen-bond acceptors (Lipinski definition) is 5. The van der Waals surface area contributed by atoms with Gasteiger partial charge < -0.3 is 14.3 Å². The lowest BCUT2D eigenvalue weighted by Crippen LogP contribution is -2.62. The van der Waals surface area contributed by atoms with E-state index in [-0.39, 0.29) is 28.1 Å². The average molecular weight is 587 g/mol. The number of fused-ring (bicyclic) bond motifs is 5. The maximum Gasteiger partial charge on any atom is 0.419 e. The summed E-state index contributed by atoms with van der Waals surface area (Å²) >= 11 is 0. The van der Waals surface area contributed by atoms with E-state index >= 15 is 0 Å². The Morgan fingerprint density at radius 1 is 1.10 bits per heavy atom. The number of carbonyl (C=O) groups excluding carboxylic acids is 1. The van der Waals surface area contributed by atoms with E-state index in [0.29, 0.717) is 54.1 Å². The minimum Gasteiger partial charge on any atom is -0.449 e. The van der Waals surface area contributed by atoms with Crippen molar-refractivity contribution in [1.82, 2.24) is 9.55 Å². The molecule has 11 atom stereocenters. The predicted octanol–water partition coefficient (Wildman–Crippen LogP) is 8.16. The van der Waals surface area contributed by atoms with E-state index in [1.165, 1.54) is 49.4 Å². The fourth-order valence-corrected chi connectivity index (χ4v) is 11.8. The molecule has 0 amide bonds. The molecule has 0 saturated heterocycles. The summed E-state index contributed by atoms with van der Waals surface area (Å²) < 4.78 is 14.1. The van der Waals surface area contributed by atoms with Gasteiger partial charge in [-0.05, 0) is 115 Å². The van der Waals surface area contributed by atoms with Crippen LogP contribution in [0.1, 0.15) is 99.8 Å². The fraction of sp³-hybridized carbons (Fsp3) is 0.882. The Kier molecular flexibility index (Phi) is 8.44. The third-order valence-corrected chi connectivity index (χ3v) is 18.1. The first kappa shape index (κ1) is 31.2. The molecule has 5 rings (SSSR count). The topological polar surface area (TPSA) is 73.6 Å². The largest absolute Gasteiger partial charge is 0.449 e. The monoisotopic (exact) mass is 586 g/mol. The molecule has 0 bridgehead atoms. The SMILES string of the molecule is CC[C@H]1[C@@H](O)C2C3CC[C@H]([C@H](C)COC(=O)n4ccnc4)[C@@]3(C)CCC2[C@@]2(C)CCC(O[Si](C)(C)C(C)(C)C)C[C@@H]12. The number of aliphatic hydroxyl groups excluding tert-OH is 1. The molecule has 4 saturated carbocycles. The van der Waals surface area contributed by atoms with E-state index in [2.05, 4.69) is 66.5 Å². The van der Waals surface area contributed by atoms with Crippen LogP contribution in [-0.4, -0.2) is 47.9 Å². The van der Waals surface area contributed by atoms with E-state index in [4.69, 9.17) is 9.16 Å². The Balaban J connectivity index is 1.32. The van der Waals surface area contributed by atoms with Gasteiger partial charge in [0.15, 0.2) is 8.32 Å². The van der Waals surface area contributed by atoms with E-state index < -0.39 is 8.32 Å². The van der Waals surface area contributed by atoms with Crippen molar-refractivity contribution in [3.63, 3.8) is 0 Å². The lowest BCUT2D eigenvalue weighted by Gasteiger charge is -2.65. The van der Waals surface area contributed by atoms with Crippen LogP contribution in [0, 0.1) is 52.3 Å². The Labute approximate surface area is 250 Å². The van der Waals surface area contributed by atoms with E-state index in [1.807, 2.05) is 0 Å². The molecule has 0 aromatic carbocycles. The van der Waals surface area contributed by atoms with Crippen molar-refractivity contribution in [3.8, 4) is 0 Å². The molecule has 1 N–H and O–H groups in total. The van der Waals surface area contributed by atoms with E-state index in [9.17, 15) is 9.90 Å². The van der Waals surface area contributed by atoms with Crippen LogP contribution in [0.2, 0.25) is 18.1 Å². The van der Waals surface area contributed by atoms with Gasteiger partial charge >= 0.3 is 6.09 Å². The van der Waals surface area contributed by atoms with Crippen LogP contribution < -0.4 is 0 Å². The van der Waals surface area contributed by atoms with Crippen LogP contribution in [0.3, 0.4) is 0 Å².